The topological polar surface area (TPSA) is 228 Å². The minimum atomic E-state index is -1.79. The second-order valence-electron chi connectivity index (χ2n) is 15.5. The highest BCUT2D eigenvalue weighted by molar-refractivity contribution is 5.76. The fraction of sp³-hybridized carbons (Fsp3) is 0.837. The van der Waals surface area contributed by atoms with Gasteiger partial charge in [-0.1, -0.05) is 108 Å². The minimum absolute atomic E-state index is 0.262. The van der Waals surface area contributed by atoms with Crippen LogP contribution in [0.4, 0.5) is 0 Å². The highest BCUT2D eigenvalue weighted by atomic mass is 16.7. The zero-order chi connectivity index (χ0) is 41.8. The van der Waals surface area contributed by atoms with Crippen molar-refractivity contribution in [1.82, 2.24) is 5.32 Å². The number of aliphatic hydroxyl groups is 8. The Morgan fingerprint density at radius 3 is 1.75 bits per heavy atom. The molecule has 2 rings (SSSR count). The fourth-order valence-electron chi connectivity index (χ4n) is 6.89. The lowest BCUT2D eigenvalue weighted by atomic mass is 9.97. The molecule has 332 valence electrons. The minimum Gasteiger partial charge on any atom is -0.394 e. The van der Waals surface area contributed by atoms with Crippen molar-refractivity contribution in [3.8, 4) is 0 Å². The van der Waals surface area contributed by atoms with Gasteiger partial charge in [0.05, 0.1) is 32.0 Å². The summed E-state index contributed by atoms with van der Waals surface area (Å²) in [4.78, 5) is 13.0. The maximum atomic E-state index is 13.0. The summed E-state index contributed by atoms with van der Waals surface area (Å²) in [6.45, 7) is 2.66. The van der Waals surface area contributed by atoms with E-state index in [0.717, 1.165) is 51.4 Å². The highest BCUT2D eigenvalue weighted by Crippen LogP contribution is 2.29. The van der Waals surface area contributed by atoms with E-state index in [9.17, 15) is 45.6 Å². The summed E-state index contributed by atoms with van der Waals surface area (Å²) in [5, 5.41) is 86.2. The third kappa shape index (κ3) is 19.9. The van der Waals surface area contributed by atoms with Gasteiger partial charge in [0.15, 0.2) is 12.6 Å². The van der Waals surface area contributed by atoms with Crippen LogP contribution >= 0.6 is 0 Å². The molecule has 0 bridgehead atoms. The molecule has 14 heteroatoms. The van der Waals surface area contributed by atoms with Gasteiger partial charge in [-0.15, -0.1) is 0 Å². The summed E-state index contributed by atoms with van der Waals surface area (Å²) < 4.78 is 22.5. The maximum absolute atomic E-state index is 13.0. The summed E-state index contributed by atoms with van der Waals surface area (Å²) in [5.41, 5.74) is 0. The van der Waals surface area contributed by atoms with Crippen LogP contribution in [0.15, 0.2) is 36.5 Å². The molecule has 57 heavy (non-hydrogen) atoms. The Balaban J connectivity index is 1.95. The second kappa shape index (κ2) is 31.1. The smallest absolute Gasteiger partial charge is 0.220 e. The lowest BCUT2D eigenvalue weighted by molar-refractivity contribution is -0.359. The molecule has 0 aromatic carbocycles. The third-order valence-electron chi connectivity index (χ3n) is 10.5. The third-order valence-corrected chi connectivity index (χ3v) is 10.5. The summed E-state index contributed by atoms with van der Waals surface area (Å²) in [6, 6.07) is -0.930. The molecule has 14 nitrogen and oxygen atoms in total. The van der Waals surface area contributed by atoms with Crippen molar-refractivity contribution in [3.63, 3.8) is 0 Å². The van der Waals surface area contributed by atoms with Crippen LogP contribution in [0.1, 0.15) is 136 Å². The van der Waals surface area contributed by atoms with E-state index in [1.54, 1.807) is 6.08 Å². The Labute approximate surface area is 341 Å². The van der Waals surface area contributed by atoms with E-state index in [4.69, 9.17) is 18.9 Å². The zero-order valence-corrected chi connectivity index (χ0v) is 34.6. The van der Waals surface area contributed by atoms with E-state index in [0.29, 0.717) is 12.8 Å². The number of amides is 1. The van der Waals surface area contributed by atoms with Crippen LogP contribution in [0, 0.1) is 0 Å². The molecule has 9 N–H and O–H groups in total. The number of aliphatic hydroxyl groups excluding tert-OH is 8. The molecule has 0 aromatic rings. The molecule has 0 spiro atoms. The zero-order valence-electron chi connectivity index (χ0n) is 34.6. The number of unbranched alkanes of at least 4 members (excludes halogenated alkanes) is 14. The van der Waals surface area contributed by atoms with Gasteiger partial charge in [-0.05, 0) is 57.8 Å². The van der Waals surface area contributed by atoms with Crippen LogP contribution in [0.25, 0.3) is 0 Å². The van der Waals surface area contributed by atoms with E-state index >= 15 is 0 Å². The molecular weight excluding hydrogens is 738 g/mol. The molecule has 0 aliphatic carbocycles. The first kappa shape index (κ1) is 51.4. The van der Waals surface area contributed by atoms with E-state index in [1.807, 2.05) is 6.08 Å². The molecule has 0 saturated carbocycles. The summed E-state index contributed by atoms with van der Waals surface area (Å²) in [7, 11) is 0. The molecule has 2 fully saturated rings. The number of nitrogens with one attached hydrogen (secondary N) is 1. The first-order valence-corrected chi connectivity index (χ1v) is 21.7. The van der Waals surface area contributed by atoms with Crippen LogP contribution < -0.4 is 5.32 Å². The van der Waals surface area contributed by atoms with E-state index in [2.05, 4.69) is 43.5 Å². The largest absolute Gasteiger partial charge is 0.394 e. The van der Waals surface area contributed by atoms with Crippen LogP contribution in [0.2, 0.25) is 0 Å². The highest BCUT2D eigenvalue weighted by Gasteiger charge is 2.50. The Morgan fingerprint density at radius 2 is 1.12 bits per heavy atom. The Morgan fingerprint density at radius 1 is 0.614 bits per heavy atom. The molecule has 12 atom stereocenters. The van der Waals surface area contributed by atoms with Crippen molar-refractivity contribution >= 4 is 5.91 Å². The molecule has 0 aromatic heterocycles. The normalized spacial score (nSPS) is 29.4. The van der Waals surface area contributed by atoms with Gasteiger partial charge in [-0.2, -0.15) is 0 Å². The molecule has 1 amide bonds. The number of allylic oxidation sites excluding steroid dienone is 5. The summed E-state index contributed by atoms with van der Waals surface area (Å²) in [6.07, 6.45) is 14.9. The van der Waals surface area contributed by atoms with Crippen molar-refractivity contribution in [2.24, 2.45) is 0 Å². The second-order valence-corrected chi connectivity index (χ2v) is 15.5. The summed E-state index contributed by atoms with van der Waals surface area (Å²) >= 11 is 0. The standard InChI is InChI=1S/C43H77NO13/c1-3-5-7-9-11-13-15-17-19-21-23-25-27-35(48)44-31(32(47)26-24-22-20-18-16-14-12-10-8-6-4-2)30-54-42-40(53)38(51)41(34(29-46)56-42)57-43-39(52)37(50)36(49)33(28-45)55-43/h11,13,16,18,24,26,31-34,36-43,45-47,49-53H,3-10,12,14-15,17,19-23,25,27-30H2,1-2H3,(H,44,48)/b13-11-,18-16+,26-24+. The maximum Gasteiger partial charge on any atom is 0.220 e. The number of ether oxygens (including phenoxy) is 4. The van der Waals surface area contributed by atoms with E-state index in [-0.39, 0.29) is 18.9 Å². The average molecular weight is 816 g/mol. The molecule has 2 saturated heterocycles. The van der Waals surface area contributed by atoms with E-state index < -0.39 is 86.8 Å². The average Bonchev–Trinajstić information content (AvgIpc) is 3.21. The Hall–Kier alpha value is -1.79. The summed E-state index contributed by atoms with van der Waals surface area (Å²) in [5.74, 6) is -0.265. The van der Waals surface area contributed by atoms with Gasteiger partial charge in [0.2, 0.25) is 5.91 Å². The van der Waals surface area contributed by atoms with Gasteiger partial charge < -0.3 is 65.1 Å². The van der Waals surface area contributed by atoms with Gasteiger partial charge in [-0.3, -0.25) is 4.79 Å². The van der Waals surface area contributed by atoms with Crippen molar-refractivity contribution in [2.75, 3.05) is 19.8 Å². The van der Waals surface area contributed by atoms with Crippen LogP contribution in [0.5, 0.6) is 0 Å². The van der Waals surface area contributed by atoms with Crippen LogP contribution in [0.3, 0.4) is 0 Å². The van der Waals surface area contributed by atoms with Crippen LogP contribution in [-0.4, -0.2) is 140 Å². The van der Waals surface area contributed by atoms with Gasteiger partial charge in [0.25, 0.3) is 0 Å². The molecule has 2 aliphatic rings. The number of hydrogen-bond donors (Lipinski definition) is 9. The van der Waals surface area contributed by atoms with Crippen LogP contribution in [-0.2, 0) is 23.7 Å². The van der Waals surface area contributed by atoms with Gasteiger partial charge >= 0.3 is 0 Å². The fourth-order valence-corrected chi connectivity index (χ4v) is 6.89. The molecule has 2 heterocycles. The number of hydrogen-bond acceptors (Lipinski definition) is 13. The first-order valence-electron chi connectivity index (χ1n) is 21.7. The number of rotatable bonds is 31. The first-order chi connectivity index (χ1) is 27.6. The van der Waals surface area contributed by atoms with Crippen molar-refractivity contribution in [1.29, 1.82) is 0 Å². The number of carbonyl (C=O) groups excluding carboxylic acids is 1. The molecular formula is C43H77NO13. The SMILES string of the molecule is CCCCC/C=C\CCCCCCCC(=O)NC(COC1OC(CO)C(OC2OC(CO)C(O)C(O)C2O)C(O)C1O)C(O)/C=C/CC/C=C/CCCCCCC. The molecule has 0 radical (unpaired) electrons. The lowest BCUT2D eigenvalue weighted by Gasteiger charge is -2.46. The predicted octanol–water partition coefficient (Wildman–Crippen LogP) is 3.59. The predicted molar refractivity (Wildman–Crippen MR) is 217 cm³/mol. The van der Waals surface area contributed by atoms with Gasteiger partial charge in [0.1, 0.15) is 48.8 Å². The van der Waals surface area contributed by atoms with Gasteiger partial charge in [0, 0.05) is 6.42 Å². The molecule has 2 aliphatic heterocycles. The monoisotopic (exact) mass is 816 g/mol. The Kier molecular flexibility index (Phi) is 28.1. The number of carbonyl (C=O) groups is 1. The van der Waals surface area contributed by atoms with Gasteiger partial charge in [-0.25, -0.2) is 0 Å². The lowest BCUT2D eigenvalue weighted by Crippen LogP contribution is -2.65. The van der Waals surface area contributed by atoms with Crippen molar-refractivity contribution in [2.45, 2.75) is 209 Å². The Bertz CT molecular complexity index is 1100. The van der Waals surface area contributed by atoms with E-state index in [1.165, 1.54) is 51.4 Å². The van der Waals surface area contributed by atoms with Crippen molar-refractivity contribution in [3.05, 3.63) is 36.5 Å². The molecule has 12 unspecified atom stereocenters. The quantitative estimate of drug-likeness (QED) is 0.0361. The van der Waals surface area contributed by atoms with Crippen molar-refractivity contribution < 1.29 is 64.6 Å².